The van der Waals surface area contributed by atoms with E-state index in [4.69, 9.17) is 4.74 Å². The van der Waals surface area contributed by atoms with Gasteiger partial charge in [-0.1, -0.05) is 12.1 Å². The van der Waals surface area contributed by atoms with Gasteiger partial charge in [0.1, 0.15) is 11.4 Å². The molecule has 2 rings (SSSR count). The summed E-state index contributed by atoms with van der Waals surface area (Å²) in [6.45, 7) is 1.88. The summed E-state index contributed by atoms with van der Waals surface area (Å²) >= 11 is 0. The molecule has 0 atom stereocenters. The van der Waals surface area contributed by atoms with Gasteiger partial charge in [0.15, 0.2) is 0 Å². The number of nitrogens with zero attached hydrogens (tertiary/aromatic N) is 1. The van der Waals surface area contributed by atoms with Crippen molar-refractivity contribution in [3.8, 4) is 5.75 Å². The summed E-state index contributed by atoms with van der Waals surface area (Å²) in [7, 11) is 1.50. The van der Waals surface area contributed by atoms with Crippen LogP contribution in [0.1, 0.15) is 5.56 Å². The second kappa shape index (κ2) is 5.56. The van der Waals surface area contributed by atoms with Gasteiger partial charge in [0.2, 0.25) is 5.82 Å². The second-order valence-corrected chi connectivity index (χ2v) is 4.22. The second-order valence-electron chi connectivity index (χ2n) is 4.22. The van der Waals surface area contributed by atoms with Gasteiger partial charge in [0.05, 0.1) is 17.7 Å². The van der Waals surface area contributed by atoms with Gasteiger partial charge < -0.3 is 10.1 Å². The minimum Gasteiger partial charge on any atom is -0.495 e. The number of nitro benzene ring substituents is 1. The highest BCUT2D eigenvalue weighted by molar-refractivity contribution is 5.73. The third-order valence-corrected chi connectivity index (χ3v) is 2.79. The van der Waals surface area contributed by atoms with Gasteiger partial charge in [-0.3, -0.25) is 10.1 Å². The lowest BCUT2D eigenvalue weighted by Gasteiger charge is -2.12. The Balaban J connectivity index is 2.48. The molecule has 104 valence electrons. The summed E-state index contributed by atoms with van der Waals surface area (Å²) in [5, 5.41) is 13.8. The number of nitro groups is 1. The van der Waals surface area contributed by atoms with Crippen molar-refractivity contribution in [3.05, 3.63) is 57.9 Å². The van der Waals surface area contributed by atoms with Crippen LogP contribution in [0.25, 0.3) is 0 Å². The predicted molar refractivity (Wildman–Crippen MR) is 74.1 cm³/mol. The van der Waals surface area contributed by atoms with Gasteiger partial charge in [-0.25, -0.2) is 0 Å². The molecule has 0 amide bonds. The SMILES string of the molecule is COc1ccc(C)cc1Nc1cccc(F)c1[N+](=O)[O-]. The van der Waals surface area contributed by atoms with E-state index in [-0.39, 0.29) is 5.69 Å². The Labute approximate surface area is 115 Å². The highest BCUT2D eigenvalue weighted by atomic mass is 19.1. The number of nitrogens with one attached hydrogen (secondary N) is 1. The van der Waals surface area contributed by atoms with Crippen LogP contribution >= 0.6 is 0 Å². The molecule has 0 aliphatic carbocycles. The quantitative estimate of drug-likeness (QED) is 0.681. The van der Waals surface area contributed by atoms with Gasteiger partial charge in [-0.05, 0) is 36.8 Å². The third kappa shape index (κ3) is 2.69. The van der Waals surface area contributed by atoms with E-state index in [1.54, 1.807) is 12.1 Å². The smallest absolute Gasteiger partial charge is 0.327 e. The van der Waals surface area contributed by atoms with E-state index in [1.165, 1.54) is 19.2 Å². The lowest BCUT2D eigenvalue weighted by atomic mass is 10.2. The van der Waals surface area contributed by atoms with Crippen LogP contribution in [0.2, 0.25) is 0 Å². The number of hydrogen-bond acceptors (Lipinski definition) is 4. The van der Waals surface area contributed by atoms with Crippen LogP contribution in [0.3, 0.4) is 0 Å². The standard InChI is InChI=1S/C14H13FN2O3/c1-9-6-7-13(20-2)12(8-9)16-11-5-3-4-10(15)14(11)17(18)19/h3-8,16H,1-2H3. The van der Waals surface area contributed by atoms with E-state index in [1.807, 2.05) is 13.0 Å². The molecule has 2 aromatic carbocycles. The molecule has 0 saturated carbocycles. The Bertz CT molecular complexity index is 659. The lowest BCUT2D eigenvalue weighted by Crippen LogP contribution is -2.01. The van der Waals surface area contributed by atoms with E-state index >= 15 is 0 Å². The van der Waals surface area contributed by atoms with Crippen molar-refractivity contribution < 1.29 is 14.1 Å². The zero-order valence-corrected chi connectivity index (χ0v) is 11.0. The molecule has 0 aromatic heterocycles. The number of benzene rings is 2. The van der Waals surface area contributed by atoms with Crippen LogP contribution in [0.5, 0.6) is 5.75 Å². The van der Waals surface area contributed by atoms with Crippen LogP contribution in [0.4, 0.5) is 21.5 Å². The predicted octanol–water partition coefficient (Wildman–Crippen LogP) is 3.79. The number of hydrogen-bond donors (Lipinski definition) is 1. The first kappa shape index (κ1) is 13.8. The van der Waals surface area contributed by atoms with Crippen molar-refractivity contribution in [1.82, 2.24) is 0 Å². The molecule has 0 spiro atoms. The minimum absolute atomic E-state index is 0.0823. The summed E-state index contributed by atoms with van der Waals surface area (Å²) in [5.41, 5.74) is 0.989. The van der Waals surface area contributed by atoms with E-state index in [0.29, 0.717) is 11.4 Å². The Kier molecular flexibility index (Phi) is 3.84. The molecular formula is C14H13FN2O3. The Morgan fingerprint density at radius 2 is 2.00 bits per heavy atom. The highest BCUT2D eigenvalue weighted by Gasteiger charge is 2.20. The highest BCUT2D eigenvalue weighted by Crippen LogP contribution is 2.34. The Morgan fingerprint density at radius 1 is 1.25 bits per heavy atom. The van der Waals surface area contributed by atoms with Crippen molar-refractivity contribution in [1.29, 1.82) is 0 Å². The van der Waals surface area contributed by atoms with E-state index in [2.05, 4.69) is 5.32 Å². The van der Waals surface area contributed by atoms with Crippen molar-refractivity contribution >= 4 is 17.1 Å². The van der Waals surface area contributed by atoms with E-state index < -0.39 is 16.4 Å². The van der Waals surface area contributed by atoms with Gasteiger partial charge in [-0.2, -0.15) is 4.39 Å². The zero-order chi connectivity index (χ0) is 14.7. The maximum absolute atomic E-state index is 13.6. The fraction of sp³-hybridized carbons (Fsp3) is 0.143. The number of methoxy groups -OCH3 is 1. The molecule has 0 heterocycles. The van der Waals surface area contributed by atoms with Crippen LogP contribution in [0, 0.1) is 22.9 Å². The van der Waals surface area contributed by atoms with Crippen molar-refractivity contribution in [2.24, 2.45) is 0 Å². The molecular weight excluding hydrogens is 263 g/mol. The number of ether oxygens (including phenoxy) is 1. The van der Waals surface area contributed by atoms with Crippen LogP contribution in [-0.4, -0.2) is 12.0 Å². The number of aryl methyl sites for hydroxylation is 1. The third-order valence-electron chi connectivity index (χ3n) is 2.79. The summed E-state index contributed by atoms with van der Waals surface area (Å²) < 4.78 is 18.7. The molecule has 0 unspecified atom stereocenters. The molecule has 6 heteroatoms. The minimum atomic E-state index is -0.883. The number of rotatable bonds is 4. The molecule has 5 nitrogen and oxygen atoms in total. The average molecular weight is 276 g/mol. The first-order valence-electron chi connectivity index (χ1n) is 5.87. The maximum atomic E-state index is 13.6. The number of para-hydroxylation sites is 1. The molecule has 0 radical (unpaired) electrons. The summed E-state index contributed by atoms with van der Waals surface area (Å²) in [5.74, 6) is -0.360. The molecule has 0 bridgehead atoms. The summed E-state index contributed by atoms with van der Waals surface area (Å²) in [6.07, 6.45) is 0. The number of halogens is 1. The normalized spacial score (nSPS) is 10.2. The topological polar surface area (TPSA) is 64.4 Å². The average Bonchev–Trinajstić information content (AvgIpc) is 2.38. The zero-order valence-electron chi connectivity index (χ0n) is 11.0. The van der Waals surface area contributed by atoms with Crippen molar-refractivity contribution in [3.63, 3.8) is 0 Å². The van der Waals surface area contributed by atoms with Crippen molar-refractivity contribution in [2.75, 3.05) is 12.4 Å². The maximum Gasteiger partial charge on any atom is 0.327 e. The van der Waals surface area contributed by atoms with Gasteiger partial charge in [0, 0.05) is 0 Å². The lowest BCUT2D eigenvalue weighted by molar-refractivity contribution is -0.386. The fourth-order valence-electron chi connectivity index (χ4n) is 1.87. The molecule has 2 aromatic rings. The first-order valence-corrected chi connectivity index (χ1v) is 5.87. The molecule has 20 heavy (non-hydrogen) atoms. The summed E-state index contributed by atoms with van der Waals surface area (Å²) in [6, 6.07) is 9.27. The van der Waals surface area contributed by atoms with E-state index in [0.717, 1.165) is 11.6 Å². The molecule has 0 aliphatic heterocycles. The van der Waals surface area contributed by atoms with Crippen LogP contribution in [-0.2, 0) is 0 Å². The van der Waals surface area contributed by atoms with Gasteiger partial charge in [-0.15, -0.1) is 0 Å². The van der Waals surface area contributed by atoms with Crippen LogP contribution < -0.4 is 10.1 Å². The Morgan fingerprint density at radius 3 is 2.65 bits per heavy atom. The van der Waals surface area contributed by atoms with Crippen molar-refractivity contribution in [2.45, 2.75) is 6.92 Å². The molecule has 0 saturated heterocycles. The van der Waals surface area contributed by atoms with Gasteiger partial charge in [0.25, 0.3) is 0 Å². The molecule has 0 fully saturated rings. The summed E-state index contributed by atoms with van der Waals surface area (Å²) in [4.78, 5) is 10.2. The monoisotopic (exact) mass is 276 g/mol. The van der Waals surface area contributed by atoms with E-state index in [9.17, 15) is 14.5 Å². The Hall–Kier alpha value is -2.63. The first-order chi connectivity index (χ1) is 9.52. The van der Waals surface area contributed by atoms with Gasteiger partial charge >= 0.3 is 5.69 Å². The molecule has 0 aliphatic rings. The van der Waals surface area contributed by atoms with Crippen LogP contribution in [0.15, 0.2) is 36.4 Å². The number of anilines is 2. The fourth-order valence-corrected chi connectivity index (χ4v) is 1.87. The largest absolute Gasteiger partial charge is 0.495 e. The molecule has 1 N–H and O–H groups in total.